The highest BCUT2D eigenvalue weighted by atomic mass is 127. The fourth-order valence-electron chi connectivity index (χ4n) is 3.47. The van der Waals surface area contributed by atoms with Crippen molar-refractivity contribution in [1.29, 1.82) is 0 Å². The van der Waals surface area contributed by atoms with Gasteiger partial charge in [-0.1, -0.05) is 18.2 Å². The van der Waals surface area contributed by atoms with Crippen LogP contribution in [0.15, 0.2) is 47.6 Å². The number of anilines is 1. The van der Waals surface area contributed by atoms with Crippen LogP contribution in [0.4, 0.5) is 5.69 Å². The van der Waals surface area contributed by atoms with E-state index < -0.39 is 0 Å². The number of nitrogens with zero attached hydrogens (tertiary/aromatic N) is 4. The van der Waals surface area contributed by atoms with Crippen molar-refractivity contribution in [2.24, 2.45) is 4.99 Å². The summed E-state index contributed by atoms with van der Waals surface area (Å²) in [4.78, 5) is 13.4. The number of guanidine groups is 1. The largest absolute Gasteiger partial charge is 0.495 e. The molecule has 0 aliphatic carbocycles. The summed E-state index contributed by atoms with van der Waals surface area (Å²) in [5, 5.41) is 3.44. The quantitative estimate of drug-likeness (QED) is 0.239. The van der Waals surface area contributed by atoms with E-state index in [1.807, 2.05) is 37.4 Å². The van der Waals surface area contributed by atoms with Crippen molar-refractivity contribution in [3.63, 3.8) is 0 Å². The molecule has 8 nitrogen and oxygen atoms in total. The number of aliphatic imine (C=N–C) groups is 1. The lowest BCUT2D eigenvalue weighted by Crippen LogP contribution is -2.52. The van der Waals surface area contributed by atoms with Crippen molar-refractivity contribution in [1.82, 2.24) is 15.2 Å². The summed E-state index contributed by atoms with van der Waals surface area (Å²) in [7, 11) is 5.18. The van der Waals surface area contributed by atoms with E-state index in [1.165, 1.54) is 0 Å². The number of pyridine rings is 1. The third-order valence-electron chi connectivity index (χ3n) is 5.03. The molecule has 0 atom stereocenters. The number of para-hydroxylation sites is 2. The van der Waals surface area contributed by atoms with E-state index in [2.05, 4.69) is 31.2 Å². The normalized spacial score (nSPS) is 14.1. The van der Waals surface area contributed by atoms with Crippen LogP contribution in [-0.4, -0.2) is 76.5 Å². The van der Waals surface area contributed by atoms with E-state index in [-0.39, 0.29) is 24.0 Å². The summed E-state index contributed by atoms with van der Waals surface area (Å²) in [6.07, 6.45) is 1.73. The molecule has 31 heavy (non-hydrogen) atoms. The van der Waals surface area contributed by atoms with E-state index in [9.17, 15) is 0 Å². The van der Waals surface area contributed by atoms with E-state index in [4.69, 9.17) is 14.2 Å². The number of halogens is 1. The van der Waals surface area contributed by atoms with Crippen molar-refractivity contribution in [3.05, 3.63) is 48.2 Å². The maximum absolute atomic E-state index is 5.73. The van der Waals surface area contributed by atoms with Crippen LogP contribution >= 0.6 is 24.0 Å². The van der Waals surface area contributed by atoms with Crippen molar-refractivity contribution in [2.75, 3.05) is 65.6 Å². The van der Waals surface area contributed by atoms with Gasteiger partial charge in [0.25, 0.3) is 0 Å². The van der Waals surface area contributed by atoms with Gasteiger partial charge in [-0.15, -0.1) is 24.0 Å². The number of methoxy groups -OCH3 is 2. The maximum Gasteiger partial charge on any atom is 0.218 e. The number of piperazine rings is 1. The zero-order valence-corrected chi connectivity index (χ0v) is 20.7. The molecule has 1 aromatic carbocycles. The molecule has 170 valence electrons. The maximum atomic E-state index is 5.73. The van der Waals surface area contributed by atoms with Crippen LogP contribution < -0.4 is 19.7 Å². The first kappa shape index (κ1) is 25.0. The predicted molar refractivity (Wildman–Crippen MR) is 134 cm³/mol. The van der Waals surface area contributed by atoms with Gasteiger partial charge in [0, 0.05) is 58.6 Å². The first-order valence-electron chi connectivity index (χ1n) is 10.2. The molecule has 1 aliphatic rings. The molecule has 2 aromatic rings. The van der Waals surface area contributed by atoms with Gasteiger partial charge in [0.2, 0.25) is 5.88 Å². The van der Waals surface area contributed by atoms with Crippen molar-refractivity contribution in [3.8, 4) is 11.6 Å². The molecule has 3 rings (SSSR count). The first-order valence-corrected chi connectivity index (χ1v) is 10.2. The zero-order chi connectivity index (χ0) is 21.2. The molecule has 1 aliphatic heterocycles. The Morgan fingerprint density at radius 3 is 2.55 bits per heavy atom. The number of aromatic nitrogens is 1. The third-order valence-corrected chi connectivity index (χ3v) is 5.03. The fourth-order valence-corrected chi connectivity index (χ4v) is 3.47. The number of nitrogens with one attached hydrogen (secondary N) is 1. The lowest BCUT2D eigenvalue weighted by Gasteiger charge is -2.38. The van der Waals surface area contributed by atoms with Gasteiger partial charge in [0.1, 0.15) is 12.4 Å². The molecule has 0 radical (unpaired) electrons. The van der Waals surface area contributed by atoms with Gasteiger partial charge in [-0.2, -0.15) is 0 Å². The predicted octanol–water partition coefficient (Wildman–Crippen LogP) is 2.63. The summed E-state index contributed by atoms with van der Waals surface area (Å²) in [5.74, 6) is 2.41. The first-order chi connectivity index (χ1) is 14.8. The summed E-state index contributed by atoms with van der Waals surface area (Å²) in [6, 6.07) is 12.1. The molecule has 0 amide bonds. The van der Waals surface area contributed by atoms with Gasteiger partial charge < -0.3 is 29.3 Å². The Morgan fingerprint density at radius 1 is 1.06 bits per heavy atom. The number of hydrogen-bond acceptors (Lipinski definition) is 6. The minimum atomic E-state index is 0. The highest BCUT2D eigenvalue weighted by Crippen LogP contribution is 2.28. The molecule has 2 heterocycles. The third kappa shape index (κ3) is 6.86. The molecular formula is C22H32IN5O3. The van der Waals surface area contributed by atoms with Gasteiger partial charge in [-0.25, -0.2) is 4.98 Å². The van der Waals surface area contributed by atoms with Gasteiger partial charge >= 0.3 is 0 Å². The molecule has 0 saturated carbocycles. The molecule has 1 fully saturated rings. The number of benzene rings is 1. The van der Waals surface area contributed by atoms with Gasteiger partial charge in [-0.3, -0.25) is 4.99 Å². The van der Waals surface area contributed by atoms with Crippen molar-refractivity contribution < 1.29 is 14.2 Å². The topological polar surface area (TPSA) is 71.5 Å². The minimum absolute atomic E-state index is 0. The van der Waals surface area contributed by atoms with E-state index >= 15 is 0 Å². The lowest BCUT2D eigenvalue weighted by molar-refractivity contribution is 0.143. The molecule has 9 heteroatoms. The van der Waals surface area contributed by atoms with Crippen LogP contribution in [0.3, 0.4) is 0 Å². The van der Waals surface area contributed by atoms with Crippen LogP contribution in [0, 0.1) is 0 Å². The van der Waals surface area contributed by atoms with Crippen LogP contribution in [0.1, 0.15) is 5.56 Å². The minimum Gasteiger partial charge on any atom is -0.495 e. The number of rotatable bonds is 8. The average Bonchev–Trinajstić information content (AvgIpc) is 2.81. The van der Waals surface area contributed by atoms with Gasteiger partial charge in [0.15, 0.2) is 5.96 Å². The highest BCUT2D eigenvalue weighted by Gasteiger charge is 2.21. The molecule has 1 N–H and O–H groups in total. The monoisotopic (exact) mass is 541 g/mol. The van der Waals surface area contributed by atoms with E-state index in [0.717, 1.165) is 49.1 Å². The van der Waals surface area contributed by atoms with Crippen LogP contribution in [0.5, 0.6) is 11.6 Å². The van der Waals surface area contributed by atoms with Gasteiger partial charge in [-0.05, 0) is 18.2 Å². The lowest BCUT2D eigenvalue weighted by atomic mass is 10.2. The second-order valence-electron chi connectivity index (χ2n) is 6.86. The zero-order valence-electron chi connectivity index (χ0n) is 18.4. The fraction of sp³-hybridized carbons (Fsp3) is 0.455. The van der Waals surface area contributed by atoms with Crippen LogP contribution in [0.25, 0.3) is 0 Å². The molecule has 0 spiro atoms. The molecular weight excluding hydrogens is 509 g/mol. The molecule has 1 saturated heterocycles. The van der Waals surface area contributed by atoms with Crippen LogP contribution in [0.2, 0.25) is 0 Å². The Hall–Kier alpha value is -2.27. The summed E-state index contributed by atoms with van der Waals surface area (Å²) in [5.41, 5.74) is 2.12. The standard InChI is InChI=1S/C22H31N5O3.HI/c1-23-22(25-17-18-7-6-10-24-21(18)30-16-15-28-2)27-13-11-26(12-14-27)19-8-4-5-9-20(19)29-3;/h4-10H,11-17H2,1-3H3,(H,23,25);1H. The Bertz CT molecular complexity index is 828. The van der Waals surface area contributed by atoms with Crippen LogP contribution in [-0.2, 0) is 11.3 Å². The average molecular weight is 541 g/mol. The second kappa shape index (κ2) is 13.2. The summed E-state index contributed by atoms with van der Waals surface area (Å²) >= 11 is 0. The Labute approximate surface area is 201 Å². The Kier molecular flexibility index (Phi) is 10.6. The van der Waals surface area contributed by atoms with E-state index in [1.54, 1.807) is 20.4 Å². The summed E-state index contributed by atoms with van der Waals surface area (Å²) < 4.78 is 16.3. The summed E-state index contributed by atoms with van der Waals surface area (Å²) in [6.45, 7) is 5.15. The number of hydrogen-bond donors (Lipinski definition) is 1. The van der Waals surface area contributed by atoms with Crippen molar-refractivity contribution in [2.45, 2.75) is 6.54 Å². The Morgan fingerprint density at radius 2 is 1.84 bits per heavy atom. The van der Waals surface area contributed by atoms with Crippen molar-refractivity contribution >= 4 is 35.6 Å². The second-order valence-corrected chi connectivity index (χ2v) is 6.86. The van der Waals surface area contributed by atoms with E-state index in [0.29, 0.717) is 25.6 Å². The molecule has 1 aromatic heterocycles. The number of ether oxygens (including phenoxy) is 3. The molecule has 0 bridgehead atoms. The SMILES string of the molecule is CN=C(NCc1cccnc1OCCOC)N1CCN(c2ccccc2OC)CC1.I. The smallest absolute Gasteiger partial charge is 0.218 e. The molecule has 0 unspecified atom stereocenters. The highest BCUT2D eigenvalue weighted by molar-refractivity contribution is 14.0. The Balaban J connectivity index is 0.00000341. The van der Waals surface area contributed by atoms with Gasteiger partial charge in [0.05, 0.1) is 19.4 Å².